The highest BCUT2D eigenvalue weighted by Gasteiger charge is 2.16. The average Bonchev–Trinajstić information content (AvgIpc) is 2.57. The lowest BCUT2D eigenvalue weighted by Gasteiger charge is -2.35. The van der Waals surface area contributed by atoms with E-state index in [0.29, 0.717) is 0 Å². The van der Waals surface area contributed by atoms with E-state index in [-0.39, 0.29) is 0 Å². The number of pyridine rings is 1. The minimum Gasteiger partial charge on any atom is -0.492 e. The van der Waals surface area contributed by atoms with Gasteiger partial charge in [0.2, 0.25) is 0 Å². The SMILES string of the molecule is c1ccc(OCCN2CCN(c3ccncc3)CC2)cc1. The second kappa shape index (κ2) is 7.09. The molecule has 0 amide bonds. The molecule has 110 valence electrons. The number of anilines is 1. The van der Waals surface area contributed by atoms with E-state index in [1.165, 1.54) is 5.69 Å². The van der Waals surface area contributed by atoms with Crippen molar-refractivity contribution in [2.75, 3.05) is 44.2 Å². The van der Waals surface area contributed by atoms with Gasteiger partial charge in [-0.3, -0.25) is 9.88 Å². The molecule has 21 heavy (non-hydrogen) atoms. The van der Waals surface area contributed by atoms with Crippen LogP contribution in [-0.2, 0) is 0 Å². The standard InChI is InChI=1S/C17H21N3O/c1-2-4-17(5-3-1)21-15-14-19-10-12-20(13-11-19)16-6-8-18-9-7-16/h1-9H,10-15H2. The van der Waals surface area contributed by atoms with E-state index in [0.717, 1.165) is 45.1 Å². The van der Waals surface area contributed by atoms with Crippen molar-refractivity contribution in [1.29, 1.82) is 0 Å². The maximum atomic E-state index is 5.76. The predicted octanol–water partition coefficient (Wildman–Crippen LogP) is 2.28. The summed E-state index contributed by atoms with van der Waals surface area (Å²) in [6.07, 6.45) is 3.71. The van der Waals surface area contributed by atoms with Gasteiger partial charge in [0, 0.05) is 50.8 Å². The van der Waals surface area contributed by atoms with Crippen molar-refractivity contribution in [3.8, 4) is 5.75 Å². The highest BCUT2D eigenvalue weighted by molar-refractivity contribution is 5.44. The van der Waals surface area contributed by atoms with Crippen LogP contribution in [0.25, 0.3) is 0 Å². The molecule has 2 aromatic rings. The van der Waals surface area contributed by atoms with E-state index >= 15 is 0 Å². The van der Waals surface area contributed by atoms with Crippen LogP contribution in [0.15, 0.2) is 54.9 Å². The Morgan fingerprint density at radius 1 is 0.905 bits per heavy atom. The third-order valence-corrected chi connectivity index (χ3v) is 3.82. The summed E-state index contributed by atoms with van der Waals surface area (Å²) in [4.78, 5) is 8.94. The molecular formula is C17H21N3O. The monoisotopic (exact) mass is 283 g/mol. The molecule has 1 fully saturated rings. The van der Waals surface area contributed by atoms with Crippen molar-refractivity contribution in [2.24, 2.45) is 0 Å². The Morgan fingerprint density at radius 3 is 2.33 bits per heavy atom. The number of nitrogens with zero attached hydrogens (tertiary/aromatic N) is 3. The fourth-order valence-corrected chi connectivity index (χ4v) is 2.59. The smallest absolute Gasteiger partial charge is 0.119 e. The van der Waals surface area contributed by atoms with Crippen LogP contribution in [0.2, 0.25) is 0 Å². The summed E-state index contributed by atoms with van der Waals surface area (Å²) in [5, 5.41) is 0. The van der Waals surface area contributed by atoms with Gasteiger partial charge in [-0.05, 0) is 24.3 Å². The summed E-state index contributed by atoms with van der Waals surface area (Å²) >= 11 is 0. The van der Waals surface area contributed by atoms with Crippen molar-refractivity contribution in [3.05, 3.63) is 54.9 Å². The van der Waals surface area contributed by atoms with Crippen LogP contribution >= 0.6 is 0 Å². The lowest BCUT2D eigenvalue weighted by molar-refractivity contribution is 0.200. The minimum atomic E-state index is 0.749. The Labute approximate surface area is 126 Å². The normalized spacial score (nSPS) is 15.9. The molecule has 0 aliphatic carbocycles. The molecular weight excluding hydrogens is 262 g/mol. The molecule has 0 spiro atoms. The van der Waals surface area contributed by atoms with E-state index in [1.54, 1.807) is 0 Å². The minimum absolute atomic E-state index is 0.749. The molecule has 1 aromatic heterocycles. The molecule has 4 heteroatoms. The molecule has 0 atom stereocenters. The zero-order chi connectivity index (χ0) is 14.3. The molecule has 0 bridgehead atoms. The second-order valence-corrected chi connectivity index (χ2v) is 5.20. The zero-order valence-corrected chi connectivity index (χ0v) is 12.2. The molecule has 1 saturated heterocycles. The van der Waals surface area contributed by atoms with Crippen LogP contribution in [0.5, 0.6) is 5.75 Å². The maximum Gasteiger partial charge on any atom is 0.119 e. The van der Waals surface area contributed by atoms with Gasteiger partial charge in [0.15, 0.2) is 0 Å². The summed E-state index contributed by atoms with van der Waals surface area (Å²) < 4.78 is 5.76. The van der Waals surface area contributed by atoms with Crippen LogP contribution in [-0.4, -0.2) is 49.2 Å². The first kappa shape index (κ1) is 13.9. The van der Waals surface area contributed by atoms with Crippen molar-refractivity contribution >= 4 is 5.69 Å². The van der Waals surface area contributed by atoms with Gasteiger partial charge in [-0.15, -0.1) is 0 Å². The summed E-state index contributed by atoms with van der Waals surface area (Å²) in [5.74, 6) is 0.952. The topological polar surface area (TPSA) is 28.6 Å². The number of benzene rings is 1. The zero-order valence-electron chi connectivity index (χ0n) is 12.2. The first-order chi connectivity index (χ1) is 10.4. The molecule has 0 unspecified atom stereocenters. The molecule has 3 rings (SSSR count). The first-order valence-electron chi connectivity index (χ1n) is 7.47. The van der Waals surface area contributed by atoms with Crippen LogP contribution in [0.1, 0.15) is 0 Å². The largest absolute Gasteiger partial charge is 0.492 e. The van der Waals surface area contributed by atoms with Gasteiger partial charge in [0.05, 0.1) is 0 Å². The van der Waals surface area contributed by atoms with Gasteiger partial charge >= 0.3 is 0 Å². The lowest BCUT2D eigenvalue weighted by Crippen LogP contribution is -2.47. The molecule has 0 saturated carbocycles. The number of hydrogen-bond acceptors (Lipinski definition) is 4. The third kappa shape index (κ3) is 3.95. The Kier molecular flexibility index (Phi) is 4.69. The van der Waals surface area contributed by atoms with Crippen LogP contribution in [0, 0.1) is 0 Å². The van der Waals surface area contributed by atoms with E-state index < -0.39 is 0 Å². The van der Waals surface area contributed by atoms with Gasteiger partial charge < -0.3 is 9.64 Å². The van der Waals surface area contributed by atoms with Crippen molar-refractivity contribution in [2.45, 2.75) is 0 Å². The van der Waals surface area contributed by atoms with Crippen molar-refractivity contribution in [1.82, 2.24) is 9.88 Å². The fourth-order valence-electron chi connectivity index (χ4n) is 2.59. The van der Waals surface area contributed by atoms with Gasteiger partial charge in [0.25, 0.3) is 0 Å². The second-order valence-electron chi connectivity index (χ2n) is 5.20. The van der Waals surface area contributed by atoms with Gasteiger partial charge in [0.1, 0.15) is 12.4 Å². The summed E-state index contributed by atoms with van der Waals surface area (Å²) in [5.41, 5.74) is 1.27. The Morgan fingerprint density at radius 2 is 1.62 bits per heavy atom. The summed E-state index contributed by atoms with van der Waals surface area (Å²) in [6.45, 7) is 6.03. The maximum absolute atomic E-state index is 5.76. The van der Waals surface area contributed by atoms with E-state index in [1.807, 2.05) is 42.7 Å². The highest BCUT2D eigenvalue weighted by Crippen LogP contribution is 2.14. The predicted molar refractivity (Wildman–Crippen MR) is 84.8 cm³/mol. The van der Waals surface area contributed by atoms with E-state index in [4.69, 9.17) is 4.74 Å². The molecule has 0 N–H and O–H groups in total. The number of hydrogen-bond donors (Lipinski definition) is 0. The molecule has 1 aliphatic rings. The molecule has 1 aromatic carbocycles. The van der Waals surface area contributed by atoms with E-state index in [9.17, 15) is 0 Å². The molecule has 4 nitrogen and oxygen atoms in total. The lowest BCUT2D eigenvalue weighted by atomic mass is 10.2. The Hall–Kier alpha value is -2.07. The number of para-hydroxylation sites is 1. The summed E-state index contributed by atoms with van der Waals surface area (Å²) in [6, 6.07) is 14.2. The molecule has 0 radical (unpaired) electrons. The van der Waals surface area contributed by atoms with Gasteiger partial charge in [-0.2, -0.15) is 0 Å². The average molecular weight is 283 g/mol. The first-order valence-corrected chi connectivity index (χ1v) is 7.47. The number of piperazine rings is 1. The number of ether oxygens (including phenoxy) is 1. The quantitative estimate of drug-likeness (QED) is 0.842. The van der Waals surface area contributed by atoms with Crippen LogP contribution in [0.4, 0.5) is 5.69 Å². The van der Waals surface area contributed by atoms with Gasteiger partial charge in [-0.25, -0.2) is 0 Å². The number of rotatable bonds is 5. The fraction of sp³-hybridized carbons (Fsp3) is 0.353. The molecule has 1 aliphatic heterocycles. The van der Waals surface area contributed by atoms with Crippen LogP contribution < -0.4 is 9.64 Å². The Bertz CT molecular complexity index is 521. The van der Waals surface area contributed by atoms with E-state index in [2.05, 4.69) is 26.9 Å². The number of aromatic nitrogens is 1. The van der Waals surface area contributed by atoms with Crippen molar-refractivity contribution in [3.63, 3.8) is 0 Å². The van der Waals surface area contributed by atoms with Gasteiger partial charge in [-0.1, -0.05) is 18.2 Å². The van der Waals surface area contributed by atoms with Crippen molar-refractivity contribution < 1.29 is 4.74 Å². The summed E-state index contributed by atoms with van der Waals surface area (Å²) in [7, 11) is 0. The molecule has 2 heterocycles. The van der Waals surface area contributed by atoms with Crippen LogP contribution in [0.3, 0.4) is 0 Å². The third-order valence-electron chi connectivity index (χ3n) is 3.82. The highest BCUT2D eigenvalue weighted by atomic mass is 16.5. The Balaban J connectivity index is 1.40.